The third kappa shape index (κ3) is 66.1. The van der Waals surface area contributed by atoms with Crippen molar-refractivity contribution < 1.29 is 38.4 Å². The van der Waals surface area contributed by atoms with Crippen molar-refractivity contribution in [2.75, 3.05) is 215 Å². The first kappa shape index (κ1) is 146. The molecule has 1 unspecified atom stereocenters. The van der Waals surface area contributed by atoms with Gasteiger partial charge in [0.25, 0.3) is 0 Å². The minimum absolute atomic E-state index is 0.0339. The van der Waals surface area contributed by atoms with Crippen LogP contribution >= 0.6 is 0 Å². The number of piperidine rings is 2. The van der Waals surface area contributed by atoms with Gasteiger partial charge in [0.05, 0.1) is 47.3 Å². The van der Waals surface area contributed by atoms with E-state index in [4.69, 9.17) is 0 Å². The molecule has 5 aliphatic heterocycles. The Bertz CT molecular complexity index is 3680. The number of hydrogen-bond donors (Lipinski definition) is 12. The summed E-state index contributed by atoms with van der Waals surface area (Å²) < 4.78 is 0. The molecule has 1 aromatic rings. The van der Waals surface area contributed by atoms with Crippen LogP contribution in [0.5, 0.6) is 0 Å². The van der Waals surface area contributed by atoms with Crippen molar-refractivity contribution in [1.29, 1.82) is 0 Å². The Hall–Kier alpha value is -5.66. The summed E-state index contributed by atoms with van der Waals surface area (Å²) in [6, 6.07) is 14.4. The Morgan fingerprint density at radius 2 is 0.767 bits per heavy atom. The van der Waals surface area contributed by atoms with Crippen LogP contribution in [0.4, 0.5) is 0 Å². The second-order valence-corrected chi connectivity index (χ2v) is 50.8. The topological polar surface area (TPSA) is 320 Å². The molecule has 0 aromatic heterocycles. The Morgan fingerprint density at radius 1 is 0.367 bits per heavy atom. The van der Waals surface area contributed by atoms with Gasteiger partial charge in [0.2, 0.25) is 47.3 Å². The molecular formula is C118H242N24O8. The Labute approximate surface area is 921 Å². The van der Waals surface area contributed by atoms with Crippen molar-refractivity contribution in [2.45, 2.75) is 426 Å². The zero-order valence-electron chi connectivity index (χ0n) is 105. The Morgan fingerprint density at radius 3 is 1.17 bits per heavy atom. The van der Waals surface area contributed by atoms with Gasteiger partial charge >= 0.3 is 0 Å². The van der Waals surface area contributed by atoms with E-state index >= 15 is 0 Å². The van der Waals surface area contributed by atoms with Crippen molar-refractivity contribution in [3.8, 4) is 0 Å². The van der Waals surface area contributed by atoms with E-state index in [0.717, 1.165) is 150 Å². The van der Waals surface area contributed by atoms with E-state index in [2.05, 4.69) is 368 Å². The predicted molar refractivity (Wildman–Crippen MR) is 635 cm³/mol. The van der Waals surface area contributed by atoms with Gasteiger partial charge in [0, 0.05) is 172 Å². The van der Waals surface area contributed by atoms with Gasteiger partial charge in [-0.25, -0.2) is 0 Å². The highest BCUT2D eigenvalue weighted by Gasteiger charge is 2.39. The highest BCUT2D eigenvalue weighted by Crippen LogP contribution is 2.25. The van der Waals surface area contributed by atoms with Crippen molar-refractivity contribution in [1.82, 2.24) is 123 Å². The third-order valence-corrected chi connectivity index (χ3v) is 27.4. The smallest absolute Gasteiger partial charge is 0.242 e. The fourth-order valence-electron chi connectivity index (χ4n) is 19.4. The number of amides is 8. The molecule has 8 amide bonds. The van der Waals surface area contributed by atoms with E-state index in [-0.39, 0.29) is 83.0 Å². The standard InChI is InChI=1S/C18H29N3O.C17H33N3O.2C15H31N3O.C15H33N3O.C14H31N3O.2C12H27N3O/c1-15(2)19-18(3,4)17(22)21-12-10-20(11-13-21)14-16-8-6-5-7-9-16;1-13(2)16(18-14(3)4)17(21)20-11-7-15(8-12-20)19-9-5-6-10-19;1-11(2)14(16-12(3)4)15(19)18(6)13-7-9-17(5)10-8-13;1-11(2)14(17-12(3)4)15(19)16-9-8-13-7-6-10-18(13)5;1-11(2)13(17-12(3)4)14(19)16-9-15(5,6)10-18(7)8;1-11(2)13(15-12(3)4)14(18)17(7)10-8-9-16(5)6;1-10(2)14-12(3,4)11(16)13-8-7-9-15(5)6;1-9(2)11(14-10(3)4)12(16)13-7-8-15(5)6/h5-9,15,19H,10-14H2,1-4H3;13-16,18H,5-12H2,1-4H3;11-14,16H,7-10H2,1-6H3;11-14,17H,6-10H2,1-5H3,(H,16,19);11-13,17H,9-10H2,1-8H3,(H,16,19);11-13,15H,8-10H2,1-7H3;10,14H,7-9H2,1-6H3,(H,13,16);9-11,14H,7-8H2,1-6H3,(H,13,16)/t;16-;14-;13?,14-;2*13-;;11-/m.11111.1/s1. The average Bonchev–Trinajstić information content (AvgIpc) is 1.05. The highest BCUT2D eigenvalue weighted by molar-refractivity contribution is 5.87. The zero-order valence-corrected chi connectivity index (χ0v) is 105. The maximum atomic E-state index is 12.8. The number of hydrogen-bond acceptors (Lipinski definition) is 24. The van der Waals surface area contributed by atoms with Gasteiger partial charge in [-0.2, -0.15) is 0 Å². The van der Waals surface area contributed by atoms with Gasteiger partial charge in [0.1, 0.15) is 0 Å². The van der Waals surface area contributed by atoms with Crippen LogP contribution in [0.25, 0.3) is 0 Å². The number of nitrogens with one attached hydrogen (secondary N) is 12. The number of nitrogens with zero attached hydrogens (tertiary/aromatic N) is 12. The van der Waals surface area contributed by atoms with Gasteiger partial charge < -0.3 is 118 Å². The lowest BCUT2D eigenvalue weighted by atomic mass is 9.92. The summed E-state index contributed by atoms with van der Waals surface area (Å²) in [5.74, 6) is 3.29. The van der Waals surface area contributed by atoms with Crippen LogP contribution in [-0.4, -0.2) is 435 Å². The van der Waals surface area contributed by atoms with Crippen molar-refractivity contribution in [3.05, 3.63) is 35.9 Å². The molecule has 150 heavy (non-hydrogen) atoms. The van der Waals surface area contributed by atoms with E-state index in [1.165, 1.54) is 50.9 Å². The second kappa shape index (κ2) is 77.7. The van der Waals surface area contributed by atoms with Gasteiger partial charge in [-0.05, 0) is 289 Å². The SMILES string of the molecule is CC(C)NC(C)(C)C(=O)N1CCN(Cc2ccccc2)CC1.CC(C)NC(C)(C)C(=O)NCCCN(C)C.CC(C)N[C@@H](C(=O)N(C)C1CCN(C)CC1)C(C)C.CC(C)N[C@@H](C(=O)N(C)CCCN(C)C)C(C)C.CC(C)N[C@@H](C(=O)N1CCC(N2CCCC2)CC1)C(C)C.CC(C)N[C@@H](C(=O)NCC(C)(C)CN(C)C)C(C)C.CC(C)N[C@@H](C(=O)NCCC1CCCN1C)C(C)C.CC(C)N[C@@H](C(=O)NCCN(C)C)C(C)C. The normalized spacial score (nSPS) is 17.3. The summed E-state index contributed by atoms with van der Waals surface area (Å²) in [7, 11) is 24.5. The van der Waals surface area contributed by atoms with Crippen LogP contribution in [-0.2, 0) is 44.9 Å². The molecule has 1 aromatic carbocycles. The van der Waals surface area contributed by atoms with Crippen molar-refractivity contribution in [2.24, 2.45) is 40.9 Å². The van der Waals surface area contributed by atoms with E-state index in [1.807, 2.05) is 105 Å². The maximum absolute atomic E-state index is 12.8. The predicted octanol–water partition coefficient (Wildman–Crippen LogP) is 12.0. The first-order valence-corrected chi connectivity index (χ1v) is 58.3. The maximum Gasteiger partial charge on any atom is 0.242 e. The molecule has 5 fully saturated rings. The van der Waals surface area contributed by atoms with Crippen LogP contribution in [0, 0.1) is 40.9 Å². The van der Waals surface area contributed by atoms with Gasteiger partial charge in [-0.3, -0.25) is 43.3 Å². The molecule has 0 saturated carbocycles. The molecular weight excluding hydrogens is 1880 g/mol. The number of rotatable bonds is 52. The number of likely N-dealkylation sites (tertiary alicyclic amines) is 4. The molecule has 32 nitrogen and oxygen atoms in total. The quantitative estimate of drug-likeness (QED) is 0.0270. The summed E-state index contributed by atoms with van der Waals surface area (Å²) in [6.45, 7) is 90.3. The van der Waals surface area contributed by atoms with Crippen LogP contribution in [0.3, 0.4) is 0 Å². The molecule has 32 heteroatoms. The molecule has 7 atom stereocenters. The van der Waals surface area contributed by atoms with E-state index in [1.54, 1.807) is 0 Å². The summed E-state index contributed by atoms with van der Waals surface area (Å²) in [4.78, 5) is 125. The average molecular weight is 2130 g/mol. The molecule has 12 N–H and O–H groups in total. The van der Waals surface area contributed by atoms with Crippen LogP contribution in [0.2, 0.25) is 0 Å². The lowest BCUT2D eigenvalue weighted by Crippen LogP contribution is -2.59. The molecule has 0 bridgehead atoms. The molecule has 0 aliphatic carbocycles. The molecule has 5 saturated heterocycles. The first-order valence-electron chi connectivity index (χ1n) is 58.3. The Balaban J connectivity index is 0. The van der Waals surface area contributed by atoms with E-state index in [0.29, 0.717) is 121 Å². The zero-order chi connectivity index (χ0) is 116. The fourth-order valence-corrected chi connectivity index (χ4v) is 19.4. The van der Waals surface area contributed by atoms with Crippen LogP contribution < -0.4 is 63.8 Å². The summed E-state index contributed by atoms with van der Waals surface area (Å²) in [5.41, 5.74) is 0.435. The number of carbonyl (C=O) groups is 8. The first-order chi connectivity index (χ1) is 69.5. The Kier molecular flexibility index (Phi) is 75.8. The summed E-state index contributed by atoms with van der Waals surface area (Å²) in [6.07, 6.45) is 12.8. The third-order valence-electron chi connectivity index (χ3n) is 27.4. The fraction of sp³-hybridized carbons (Fsp3) is 0.881. The van der Waals surface area contributed by atoms with Crippen molar-refractivity contribution >= 4 is 47.3 Å². The molecule has 5 aliphatic rings. The lowest BCUT2D eigenvalue weighted by Gasteiger charge is -2.39. The van der Waals surface area contributed by atoms with Gasteiger partial charge in [0.15, 0.2) is 0 Å². The minimum atomic E-state index is -0.494. The number of piperazine rings is 1. The van der Waals surface area contributed by atoms with Crippen LogP contribution in [0.15, 0.2) is 30.3 Å². The molecule has 6 rings (SSSR count). The van der Waals surface area contributed by atoms with E-state index < -0.39 is 11.1 Å². The summed E-state index contributed by atoms with van der Waals surface area (Å²) in [5, 5.41) is 38.9. The van der Waals surface area contributed by atoms with Crippen LogP contribution in [0.1, 0.15) is 312 Å². The lowest BCUT2D eigenvalue weighted by molar-refractivity contribution is -0.139. The second-order valence-electron chi connectivity index (χ2n) is 50.8. The van der Waals surface area contributed by atoms with Gasteiger partial charge in [-0.1, -0.05) is 210 Å². The molecule has 882 valence electrons. The number of benzene rings is 1. The van der Waals surface area contributed by atoms with Gasteiger partial charge in [-0.15, -0.1) is 0 Å². The molecule has 0 radical (unpaired) electrons. The highest BCUT2D eigenvalue weighted by atomic mass is 16.2. The largest absolute Gasteiger partial charge is 0.355 e. The van der Waals surface area contributed by atoms with Crippen molar-refractivity contribution in [3.63, 3.8) is 0 Å². The summed E-state index contributed by atoms with van der Waals surface area (Å²) >= 11 is 0. The minimum Gasteiger partial charge on any atom is -0.355 e. The number of carbonyl (C=O) groups excluding carboxylic acids is 8. The monoisotopic (exact) mass is 2120 g/mol. The molecule has 0 spiro atoms. The molecule has 5 heterocycles. The number of likely N-dealkylation sites (N-methyl/N-ethyl adjacent to an activating group) is 3. The van der Waals surface area contributed by atoms with E-state index in [9.17, 15) is 38.4 Å².